The first-order valence-electron chi connectivity index (χ1n) is 11.2. The van der Waals surface area contributed by atoms with E-state index in [2.05, 4.69) is 22.6 Å². The van der Waals surface area contributed by atoms with Crippen LogP contribution in [0.2, 0.25) is 0 Å². The van der Waals surface area contributed by atoms with Gasteiger partial charge in [0.15, 0.2) is 5.65 Å². The smallest absolute Gasteiger partial charge is 0.255 e. The zero-order chi connectivity index (χ0) is 22.4. The van der Waals surface area contributed by atoms with E-state index in [0.29, 0.717) is 12.1 Å². The normalized spacial score (nSPS) is 16.6. The molecule has 1 saturated heterocycles. The Balaban J connectivity index is 1.38. The SMILES string of the molecule is Cc1cc(C(=O)N2CCCCC2c2nc3ccccc3s2)c2cnn(Cc3cccs3)c2n1. The molecule has 1 amide bonds. The van der Waals surface area contributed by atoms with Crippen LogP contribution in [-0.4, -0.2) is 37.1 Å². The molecule has 1 aromatic carbocycles. The van der Waals surface area contributed by atoms with Gasteiger partial charge in [-0.15, -0.1) is 22.7 Å². The van der Waals surface area contributed by atoms with E-state index >= 15 is 0 Å². The molecule has 8 heteroatoms. The molecule has 5 heterocycles. The number of hydrogen-bond acceptors (Lipinski definition) is 6. The van der Waals surface area contributed by atoms with Gasteiger partial charge in [-0.05, 0) is 55.8 Å². The predicted molar refractivity (Wildman–Crippen MR) is 133 cm³/mol. The van der Waals surface area contributed by atoms with Gasteiger partial charge in [-0.3, -0.25) is 4.79 Å². The number of para-hydroxylation sites is 1. The Morgan fingerprint density at radius 1 is 1.15 bits per heavy atom. The number of aryl methyl sites for hydroxylation is 1. The number of pyridine rings is 1. The number of nitrogens with zero attached hydrogens (tertiary/aromatic N) is 5. The van der Waals surface area contributed by atoms with E-state index in [1.54, 1.807) is 28.9 Å². The van der Waals surface area contributed by atoms with E-state index in [1.165, 1.54) is 9.58 Å². The number of thiazole rings is 1. The van der Waals surface area contributed by atoms with Gasteiger partial charge in [0, 0.05) is 17.1 Å². The minimum atomic E-state index is 0.00772. The third-order valence-corrected chi connectivity index (χ3v) is 8.21. The second kappa shape index (κ2) is 8.35. The molecular formula is C25H23N5OS2. The largest absolute Gasteiger partial charge is 0.329 e. The van der Waals surface area contributed by atoms with Crippen LogP contribution in [0.25, 0.3) is 21.3 Å². The molecule has 0 spiro atoms. The van der Waals surface area contributed by atoms with Gasteiger partial charge in [0.1, 0.15) is 5.01 Å². The zero-order valence-corrected chi connectivity index (χ0v) is 19.9. The molecule has 1 aliphatic heterocycles. The van der Waals surface area contributed by atoms with Crippen LogP contribution >= 0.6 is 22.7 Å². The van der Waals surface area contributed by atoms with E-state index in [0.717, 1.165) is 53.1 Å². The Kier molecular flexibility index (Phi) is 5.19. The maximum Gasteiger partial charge on any atom is 0.255 e. The van der Waals surface area contributed by atoms with Crippen molar-refractivity contribution in [2.24, 2.45) is 0 Å². The monoisotopic (exact) mass is 473 g/mol. The zero-order valence-electron chi connectivity index (χ0n) is 18.3. The molecule has 0 aliphatic carbocycles. The standard InChI is InChI=1S/C25H23N5OS2/c1-16-13-18(19-14-26-30(23(19)27-16)15-17-7-6-12-32-17)25(31)29-11-5-4-9-21(29)24-28-20-8-2-3-10-22(20)33-24/h2-3,6-8,10,12-14,21H,4-5,9,11,15H2,1H3. The van der Waals surface area contributed by atoms with Crippen LogP contribution in [0.5, 0.6) is 0 Å². The molecule has 33 heavy (non-hydrogen) atoms. The van der Waals surface area contributed by atoms with Crippen LogP contribution < -0.4 is 0 Å². The van der Waals surface area contributed by atoms with Gasteiger partial charge < -0.3 is 4.90 Å². The molecule has 5 aromatic rings. The van der Waals surface area contributed by atoms with Crippen molar-refractivity contribution in [3.63, 3.8) is 0 Å². The van der Waals surface area contributed by atoms with E-state index in [4.69, 9.17) is 9.97 Å². The maximum atomic E-state index is 13.9. The molecule has 1 unspecified atom stereocenters. The van der Waals surface area contributed by atoms with E-state index in [-0.39, 0.29) is 11.9 Å². The van der Waals surface area contributed by atoms with Crippen molar-refractivity contribution in [2.45, 2.75) is 38.8 Å². The van der Waals surface area contributed by atoms with Crippen molar-refractivity contribution in [3.8, 4) is 0 Å². The lowest BCUT2D eigenvalue weighted by atomic mass is 10.0. The number of amides is 1. The van der Waals surface area contributed by atoms with Crippen molar-refractivity contribution < 1.29 is 4.79 Å². The van der Waals surface area contributed by atoms with Crippen molar-refractivity contribution in [3.05, 3.63) is 75.2 Å². The number of piperidine rings is 1. The summed E-state index contributed by atoms with van der Waals surface area (Å²) in [7, 11) is 0. The average molecular weight is 474 g/mol. The predicted octanol–water partition coefficient (Wildman–Crippen LogP) is 5.83. The highest BCUT2D eigenvalue weighted by atomic mass is 32.1. The van der Waals surface area contributed by atoms with Crippen molar-refractivity contribution in [1.29, 1.82) is 0 Å². The minimum absolute atomic E-state index is 0.00772. The molecule has 0 N–H and O–H groups in total. The minimum Gasteiger partial charge on any atom is -0.329 e. The van der Waals surface area contributed by atoms with E-state index < -0.39 is 0 Å². The summed E-state index contributed by atoms with van der Waals surface area (Å²) in [6.45, 7) is 3.34. The second-order valence-electron chi connectivity index (χ2n) is 8.46. The Morgan fingerprint density at radius 2 is 2.06 bits per heavy atom. The Hall–Kier alpha value is -3.10. The number of benzene rings is 1. The Morgan fingerprint density at radius 3 is 2.91 bits per heavy atom. The molecule has 0 bridgehead atoms. The molecule has 0 radical (unpaired) electrons. The quantitative estimate of drug-likeness (QED) is 0.330. The molecule has 1 atom stereocenters. The molecule has 0 saturated carbocycles. The van der Waals surface area contributed by atoms with Crippen LogP contribution in [0.3, 0.4) is 0 Å². The third kappa shape index (κ3) is 3.73. The lowest BCUT2D eigenvalue weighted by Gasteiger charge is -2.34. The molecule has 166 valence electrons. The van der Waals surface area contributed by atoms with Gasteiger partial charge >= 0.3 is 0 Å². The molecular weight excluding hydrogens is 450 g/mol. The fourth-order valence-electron chi connectivity index (χ4n) is 4.63. The van der Waals surface area contributed by atoms with Gasteiger partial charge in [-0.1, -0.05) is 18.2 Å². The third-order valence-electron chi connectivity index (χ3n) is 6.21. The van der Waals surface area contributed by atoms with Gasteiger partial charge in [-0.25, -0.2) is 14.6 Å². The number of aromatic nitrogens is 4. The highest BCUT2D eigenvalue weighted by molar-refractivity contribution is 7.18. The number of fused-ring (bicyclic) bond motifs is 2. The van der Waals surface area contributed by atoms with Crippen LogP contribution in [-0.2, 0) is 6.54 Å². The topological polar surface area (TPSA) is 63.9 Å². The highest BCUT2D eigenvalue weighted by Crippen LogP contribution is 2.37. The first kappa shape index (κ1) is 20.5. The van der Waals surface area contributed by atoms with Crippen LogP contribution in [0.4, 0.5) is 0 Å². The summed E-state index contributed by atoms with van der Waals surface area (Å²) in [5.74, 6) is 0.0464. The van der Waals surface area contributed by atoms with Crippen LogP contribution in [0.1, 0.15) is 51.2 Å². The number of likely N-dealkylation sites (tertiary alicyclic amines) is 1. The summed E-state index contributed by atoms with van der Waals surface area (Å²) < 4.78 is 3.06. The number of thiophene rings is 1. The second-order valence-corrected chi connectivity index (χ2v) is 10.6. The number of carbonyl (C=O) groups is 1. The molecule has 6 nitrogen and oxygen atoms in total. The van der Waals surface area contributed by atoms with Gasteiger partial charge in [0.2, 0.25) is 0 Å². The fourth-order valence-corrected chi connectivity index (χ4v) is 6.44. The Bertz CT molecular complexity index is 1420. The van der Waals surface area contributed by atoms with Crippen LogP contribution in [0, 0.1) is 6.92 Å². The van der Waals surface area contributed by atoms with Gasteiger partial charge in [0.25, 0.3) is 5.91 Å². The lowest BCUT2D eigenvalue weighted by molar-refractivity contribution is 0.0613. The maximum absolute atomic E-state index is 13.9. The summed E-state index contributed by atoms with van der Waals surface area (Å²) in [4.78, 5) is 26.8. The molecule has 4 aromatic heterocycles. The summed E-state index contributed by atoms with van der Waals surface area (Å²) in [5.41, 5.74) is 3.28. The first-order valence-corrected chi connectivity index (χ1v) is 12.9. The number of rotatable bonds is 4. The van der Waals surface area contributed by atoms with E-state index in [1.807, 2.05) is 46.8 Å². The van der Waals surface area contributed by atoms with Crippen molar-refractivity contribution >= 4 is 49.8 Å². The van der Waals surface area contributed by atoms with Crippen molar-refractivity contribution in [2.75, 3.05) is 6.54 Å². The molecule has 1 aliphatic rings. The van der Waals surface area contributed by atoms with Crippen molar-refractivity contribution in [1.82, 2.24) is 24.6 Å². The first-order chi connectivity index (χ1) is 16.2. The fraction of sp³-hybridized carbons (Fsp3) is 0.280. The van der Waals surface area contributed by atoms with Crippen LogP contribution in [0.15, 0.2) is 54.0 Å². The summed E-state index contributed by atoms with van der Waals surface area (Å²) in [6.07, 6.45) is 4.85. The average Bonchev–Trinajstić information content (AvgIpc) is 3.59. The molecule has 1 fully saturated rings. The number of carbonyl (C=O) groups excluding carboxylic acids is 1. The van der Waals surface area contributed by atoms with Gasteiger partial charge in [-0.2, -0.15) is 5.10 Å². The van der Waals surface area contributed by atoms with Gasteiger partial charge in [0.05, 0.1) is 39.9 Å². The summed E-state index contributed by atoms with van der Waals surface area (Å²) in [5, 5.41) is 8.49. The highest BCUT2D eigenvalue weighted by Gasteiger charge is 2.32. The van der Waals surface area contributed by atoms with E-state index in [9.17, 15) is 4.79 Å². The lowest BCUT2D eigenvalue weighted by Crippen LogP contribution is -2.38. The molecule has 6 rings (SSSR count). The summed E-state index contributed by atoms with van der Waals surface area (Å²) in [6, 6.07) is 14.2. The summed E-state index contributed by atoms with van der Waals surface area (Å²) >= 11 is 3.40. The number of hydrogen-bond donors (Lipinski definition) is 0. The Labute approximate surface area is 199 Å².